The second-order valence-electron chi connectivity index (χ2n) is 8.45. The highest BCUT2D eigenvalue weighted by atomic mass is 19.4. The molecule has 0 bridgehead atoms. The van der Waals surface area contributed by atoms with E-state index in [1.54, 1.807) is 36.1 Å². The Bertz CT molecular complexity index is 1240. The van der Waals surface area contributed by atoms with Crippen molar-refractivity contribution < 1.29 is 22.7 Å². The summed E-state index contributed by atoms with van der Waals surface area (Å²) >= 11 is 0. The number of aromatic nitrogens is 2. The molecule has 2 N–H and O–H groups in total. The number of piperazine rings is 1. The number of rotatable bonds is 6. The first-order valence-corrected chi connectivity index (χ1v) is 11.4. The predicted molar refractivity (Wildman–Crippen MR) is 132 cm³/mol. The zero-order chi connectivity index (χ0) is 25.9. The van der Waals surface area contributed by atoms with Crippen LogP contribution in [0.2, 0.25) is 0 Å². The van der Waals surface area contributed by atoms with E-state index in [4.69, 9.17) is 4.74 Å². The minimum Gasteiger partial charge on any atom is -0.494 e. The Hall–Kier alpha value is -4.02. The number of nitrogens with one attached hydrogen (secondary N) is 2. The van der Waals surface area contributed by atoms with Crippen LogP contribution in [-0.2, 0) is 11.0 Å². The van der Waals surface area contributed by atoms with E-state index >= 15 is 0 Å². The van der Waals surface area contributed by atoms with Crippen LogP contribution in [0.1, 0.15) is 18.1 Å². The molecule has 8 nitrogen and oxygen atoms in total. The summed E-state index contributed by atoms with van der Waals surface area (Å²) in [7, 11) is 1.51. The molecule has 0 radical (unpaired) electrons. The fourth-order valence-electron chi connectivity index (χ4n) is 3.98. The number of halogens is 3. The molecule has 0 atom stereocenters. The average molecular weight is 501 g/mol. The van der Waals surface area contributed by atoms with Crippen molar-refractivity contribution in [3.05, 3.63) is 59.8 Å². The fourth-order valence-corrected chi connectivity index (χ4v) is 3.98. The quantitative estimate of drug-likeness (QED) is 0.495. The van der Waals surface area contributed by atoms with Crippen molar-refractivity contribution in [3.8, 4) is 5.75 Å². The van der Waals surface area contributed by atoms with Crippen LogP contribution in [0.25, 0.3) is 0 Å². The van der Waals surface area contributed by atoms with Crippen LogP contribution in [0.3, 0.4) is 0 Å². The molecular formula is C25H27F3N6O2. The lowest BCUT2D eigenvalue weighted by molar-refractivity contribution is -0.137. The van der Waals surface area contributed by atoms with Crippen LogP contribution >= 0.6 is 0 Å². The van der Waals surface area contributed by atoms with Crippen LogP contribution in [0, 0.1) is 6.92 Å². The number of benzene rings is 2. The normalized spacial score (nSPS) is 13.9. The number of carbonyl (C=O) groups excluding carboxylic acids is 1. The van der Waals surface area contributed by atoms with Gasteiger partial charge < -0.3 is 25.2 Å². The standard InChI is InChI=1S/C25H27F3N6O2/c1-16-5-4-6-18(13-16)30-23-20(25(26,27)28)15-29-24(32-23)31-21-8-7-19(14-22(21)36-3)34-11-9-33(10-12-34)17(2)35/h4-8,13-15H,9-12H2,1-3H3,(H2,29,30,31,32). The maximum absolute atomic E-state index is 13.6. The lowest BCUT2D eigenvalue weighted by Gasteiger charge is -2.35. The van der Waals surface area contributed by atoms with E-state index < -0.39 is 11.7 Å². The topological polar surface area (TPSA) is 82.6 Å². The van der Waals surface area contributed by atoms with Crippen molar-refractivity contribution in [1.29, 1.82) is 0 Å². The zero-order valence-corrected chi connectivity index (χ0v) is 20.2. The van der Waals surface area contributed by atoms with E-state index in [1.807, 2.05) is 25.1 Å². The van der Waals surface area contributed by atoms with E-state index in [0.717, 1.165) is 17.4 Å². The van der Waals surface area contributed by atoms with Crippen LogP contribution in [-0.4, -0.2) is 54.1 Å². The number of methoxy groups -OCH3 is 1. The van der Waals surface area contributed by atoms with E-state index in [1.165, 1.54) is 7.11 Å². The highest BCUT2D eigenvalue weighted by Crippen LogP contribution is 2.36. The first kappa shape index (κ1) is 25.1. The molecule has 3 aromatic rings. The predicted octanol–water partition coefficient (Wildman–Crippen LogP) is 4.97. The SMILES string of the molecule is COc1cc(N2CCN(C(C)=O)CC2)ccc1Nc1ncc(C(F)(F)F)c(Nc2cccc(C)c2)n1. The molecule has 0 saturated carbocycles. The number of hydrogen-bond acceptors (Lipinski definition) is 7. The van der Waals surface area contributed by atoms with Crippen molar-refractivity contribution in [2.75, 3.05) is 48.8 Å². The number of ether oxygens (including phenoxy) is 1. The fraction of sp³-hybridized carbons (Fsp3) is 0.320. The molecule has 36 heavy (non-hydrogen) atoms. The zero-order valence-electron chi connectivity index (χ0n) is 20.2. The number of amides is 1. The molecular weight excluding hydrogens is 473 g/mol. The third-order valence-electron chi connectivity index (χ3n) is 5.90. The minimum atomic E-state index is -4.63. The molecule has 1 aromatic heterocycles. The largest absolute Gasteiger partial charge is 0.494 e. The molecule has 1 aliphatic rings. The van der Waals surface area contributed by atoms with Gasteiger partial charge in [-0.2, -0.15) is 18.2 Å². The van der Waals surface area contributed by atoms with Gasteiger partial charge in [0, 0.05) is 56.7 Å². The third kappa shape index (κ3) is 5.78. The van der Waals surface area contributed by atoms with Gasteiger partial charge in [0.25, 0.3) is 0 Å². The van der Waals surface area contributed by atoms with Gasteiger partial charge in [-0.1, -0.05) is 12.1 Å². The van der Waals surface area contributed by atoms with Gasteiger partial charge in [-0.05, 0) is 36.8 Å². The highest BCUT2D eigenvalue weighted by molar-refractivity contribution is 5.74. The first-order chi connectivity index (χ1) is 17.1. The summed E-state index contributed by atoms with van der Waals surface area (Å²) in [5.41, 5.74) is 1.83. The van der Waals surface area contributed by atoms with Crippen LogP contribution < -0.4 is 20.3 Å². The summed E-state index contributed by atoms with van der Waals surface area (Å²) in [5, 5.41) is 5.73. The van der Waals surface area contributed by atoms with Gasteiger partial charge in [0.05, 0.1) is 12.8 Å². The number of alkyl halides is 3. The molecule has 2 heterocycles. The van der Waals surface area contributed by atoms with Gasteiger partial charge in [-0.25, -0.2) is 4.98 Å². The van der Waals surface area contributed by atoms with Gasteiger partial charge in [0.15, 0.2) is 0 Å². The van der Waals surface area contributed by atoms with Gasteiger partial charge >= 0.3 is 6.18 Å². The minimum absolute atomic E-state index is 0.0146. The maximum Gasteiger partial charge on any atom is 0.421 e. The number of carbonyl (C=O) groups is 1. The molecule has 11 heteroatoms. The number of hydrogen-bond donors (Lipinski definition) is 2. The molecule has 0 unspecified atom stereocenters. The summed E-state index contributed by atoms with van der Waals surface area (Å²) in [6, 6.07) is 12.5. The molecule has 1 fully saturated rings. The summed E-state index contributed by atoms with van der Waals surface area (Å²) in [6.07, 6.45) is -3.88. The molecule has 1 saturated heterocycles. The monoisotopic (exact) mass is 500 g/mol. The molecule has 0 aliphatic carbocycles. The summed E-state index contributed by atoms with van der Waals surface area (Å²) in [6.45, 7) is 6.05. The summed E-state index contributed by atoms with van der Waals surface area (Å²) in [4.78, 5) is 23.5. The number of aryl methyl sites for hydroxylation is 1. The Morgan fingerprint density at radius 2 is 1.81 bits per heavy atom. The summed E-state index contributed by atoms with van der Waals surface area (Å²) in [5.74, 6) is 0.168. The van der Waals surface area contributed by atoms with Crippen molar-refractivity contribution in [1.82, 2.24) is 14.9 Å². The smallest absolute Gasteiger partial charge is 0.421 e. The molecule has 2 aromatic carbocycles. The van der Waals surface area contributed by atoms with Crippen LogP contribution in [0.4, 0.5) is 42.0 Å². The molecule has 4 rings (SSSR count). The first-order valence-electron chi connectivity index (χ1n) is 11.4. The van der Waals surface area contributed by atoms with Gasteiger partial charge in [-0.15, -0.1) is 0 Å². The van der Waals surface area contributed by atoms with Crippen molar-refractivity contribution >= 4 is 34.7 Å². The molecule has 1 amide bonds. The molecule has 1 aliphatic heterocycles. The summed E-state index contributed by atoms with van der Waals surface area (Å²) < 4.78 is 46.4. The Kier molecular flexibility index (Phi) is 7.18. The molecule has 190 valence electrons. The molecule has 0 spiro atoms. The average Bonchev–Trinajstić information content (AvgIpc) is 2.84. The van der Waals surface area contributed by atoms with Crippen molar-refractivity contribution in [2.24, 2.45) is 0 Å². The van der Waals surface area contributed by atoms with Gasteiger partial charge in [0.1, 0.15) is 17.1 Å². The van der Waals surface area contributed by atoms with E-state index in [-0.39, 0.29) is 17.7 Å². The van der Waals surface area contributed by atoms with E-state index in [0.29, 0.717) is 43.3 Å². The van der Waals surface area contributed by atoms with Gasteiger partial charge in [-0.3, -0.25) is 4.79 Å². The van der Waals surface area contributed by atoms with Gasteiger partial charge in [0.2, 0.25) is 11.9 Å². The lowest BCUT2D eigenvalue weighted by atomic mass is 10.2. The maximum atomic E-state index is 13.6. The van der Waals surface area contributed by atoms with Crippen molar-refractivity contribution in [3.63, 3.8) is 0 Å². The Morgan fingerprint density at radius 1 is 1.06 bits per heavy atom. The number of nitrogens with zero attached hydrogens (tertiary/aromatic N) is 4. The second kappa shape index (κ2) is 10.3. The third-order valence-corrected chi connectivity index (χ3v) is 5.90. The lowest BCUT2D eigenvalue weighted by Crippen LogP contribution is -2.48. The Morgan fingerprint density at radius 3 is 2.44 bits per heavy atom. The Labute approximate surface area is 207 Å². The van der Waals surface area contributed by atoms with E-state index in [9.17, 15) is 18.0 Å². The number of anilines is 5. The second-order valence-corrected chi connectivity index (χ2v) is 8.45. The van der Waals surface area contributed by atoms with E-state index in [2.05, 4.69) is 25.5 Å². The Balaban J connectivity index is 1.57. The van der Waals surface area contributed by atoms with Crippen LogP contribution in [0.5, 0.6) is 5.75 Å². The highest BCUT2D eigenvalue weighted by Gasteiger charge is 2.35. The van der Waals surface area contributed by atoms with Crippen LogP contribution in [0.15, 0.2) is 48.7 Å². The van der Waals surface area contributed by atoms with Crippen molar-refractivity contribution in [2.45, 2.75) is 20.0 Å².